The first kappa shape index (κ1) is 23.6. The van der Waals surface area contributed by atoms with Crippen LogP contribution in [0.3, 0.4) is 0 Å². The van der Waals surface area contributed by atoms with Crippen molar-refractivity contribution >= 4 is 5.91 Å². The highest BCUT2D eigenvalue weighted by Gasteiger charge is 2.33. The Morgan fingerprint density at radius 1 is 1.18 bits per heavy atom. The third-order valence-electron chi connectivity index (χ3n) is 6.21. The van der Waals surface area contributed by atoms with E-state index in [9.17, 15) is 18.0 Å². The molecule has 6 nitrogen and oxygen atoms in total. The van der Waals surface area contributed by atoms with Crippen molar-refractivity contribution in [3.8, 4) is 17.0 Å². The highest BCUT2D eigenvalue weighted by Crippen LogP contribution is 2.36. The van der Waals surface area contributed by atoms with Crippen LogP contribution in [0.2, 0.25) is 0 Å². The second-order valence-corrected chi connectivity index (χ2v) is 8.56. The second kappa shape index (κ2) is 10.2. The van der Waals surface area contributed by atoms with E-state index in [2.05, 4.69) is 10.1 Å². The molecule has 1 aromatic heterocycles. The van der Waals surface area contributed by atoms with Crippen LogP contribution in [0.4, 0.5) is 13.2 Å². The van der Waals surface area contributed by atoms with Gasteiger partial charge in [0.05, 0.1) is 43.7 Å². The smallest absolute Gasteiger partial charge is 0.405 e. The number of hydrogen-bond acceptors (Lipinski definition) is 4. The zero-order valence-electron chi connectivity index (χ0n) is 18.6. The Morgan fingerprint density at radius 3 is 2.64 bits per heavy atom. The molecule has 1 saturated heterocycles. The topological polar surface area (TPSA) is 61.7 Å². The molecule has 1 N–H and O–H groups in total. The SMILES string of the molecule is Cc1c(C(=O)NC2CCCCC2)cc(-c2ccccc2OC(F)(F)F)n1CC1COCCO1. The molecule has 33 heavy (non-hydrogen) atoms. The Kier molecular flexibility index (Phi) is 7.29. The molecular weight excluding hydrogens is 437 g/mol. The fraction of sp³-hybridized carbons (Fsp3) is 0.542. The van der Waals surface area contributed by atoms with Gasteiger partial charge in [0.1, 0.15) is 5.75 Å². The molecule has 2 aromatic rings. The molecule has 1 atom stereocenters. The highest BCUT2D eigenvalue weighted by molar-refractivity contribution is 5.97. The van der Waals surface area contributed by atoms with E-state index >= 15 is 0 Å². The minimum absolute atomic E-state index is 0.119. The highest BCUT2D eigenvalue weighted by atomic mass is 19.4. The summed E-state index contributed by atoms with van der Waals surface area (Å²) in [6, 6.07) is 7.74. The van der Waals surface area contributed by atoms with Crippen LogP contribution in [0.25, 0.3) is 11.3 Å². The van der Waals surface area contributed by atoms with Crippen molar-refractivity contribution in [1.29, 1.82) is 0 Å². The average Bonchev–Trinajstić information content (AvgIpc) is 3.10. The van der Waals surface area contributed by atoms with Crippen LogP contribution in [-0.4, -0.2) is 48.8 Å². The number of halogens is 3. The van der Waals surface area contributed by atoms with Crippen molar-refractivity contribution in [2.24, 2.45) is 0 Å². The van der Waals surface area contributed by atoms with Gasteiger partial charge in [-0.05, 0) is 38.0 Å². The van der Waals surface area contributed by atoms with E-state index in [1.807, 2.05) is 4.57 Å². The van der Waals surface area contributed by atoms with Crippen molar-refractivity contribution in [3.63, 3.8) is 0 Å². The van der Waals surface area contributed by atoms with Gasteiger partial charge in [0, 0.05) is 17.3 Å². The first-order valence-corrected chi connectivity index (χ1v) is 11.4. The van der Waals surface area contributed by atoms with Gasteiger partial charge in [0.15, 0.2) is 0 Å². The molecular formula is C24H29F3N2O4. The van der Waals surface area contributed by atoms with Crippen molar-refractivity contribution < 1.29 is 32.2 Å². The van der Waals surface area contributed by atoms with Gasteiger partial charge in [-0.15, -0.1) is 13.2 Å². The van der Waals surface area contributed by atoms with Crippen molar-refractivity contribution in [2.75, 3.05) is 19.8 Å². The Bertz CT molecular complexity index is 961. The fourth-order valence-corrected chi connectivity index (χ4v) is 4.58. The molecule has 1 saturated carbocycles. The number of carbonyl (C=O) groups is 1. The summed E-state index contributed by atoms with van der Waals surface area (Å²) < 4.78 is 56.5. The number of hydrogen-bond donors (Lipinski definition) is 1. The Hall–Kier alpha value is -2.52. The van der Waals surface area contributed by atoms with Crippen molar-refractivity contribution in [1.82, 2.24) is 9.88 Å². The fourth-order valence-electron chi connectivity index (χ4n) is 4.58. The minimum atomic E-state index is -4.83. The molecule has 4 rings (SSSR count). The molecule has 2 heterocycles. The number of para-hydroxylation sites is 1. The third-order valence-corrected chi connectivity index (χ3v) is 6.21. The number of carbonyl (C=O) groups excluding carboxylic acids is 1. The third kappa shape index (κ3) is 5.89. The summed E-state index contributed by atoms with van der Waals surface area (Å²) in [4.78, 5) is 13.1. The van der Waals surface area contributed by atoms with Crippen LogP contribution >= 0.6 is 0 Å². The lowest BCUT2D eigenvalue weighted by atomic mass is 9.95. The summed E-state index contributed by atoms with van der Waals surface area (Å²) in [7, 11) is 0. The molecule has 1 aliphatic heterocycles. The molecule has 0 bridgehead atoms. The Labute approximate surface area is 191 Å². The van der Waals surface area contributed by atoms with Gasteiger partial charge < -0.3 is 24.1 Å². The van der Waals surface area contributed by atoms with Crippen LogP contribution in [0, 0.1) is 6.92 Å². The molecule has 1 aliphatic carbocycles. The number of benzene rings is 1. The molecule has 1 unspecified atom stereocenters. The van der Waals surface area contributed by atoms with Gasteiger partial charge in [-0.1, -0.05) is 31.4 Å². The van der Waals surface area contributed by atoms with E-state index in [-0.39, 0.29) is 29.4 Å². The van der Waals surface area contributed by atoms with E-state index in [1.54, 1.807) is 25.1 Å². The largest absolute Gasteiger partial charge is 0.573 e. The summed E-state index contributed by atoms with van der Waals surface area (Å²) in [6.45, 7) is 3.48. The standard InChI is InChI=1S/C24H29F3N2O4/c1-16-20(23(30)28-17-7-3-2-4-8-17)13-21(29(16)14-18-15-31-11-12-32-18)19-9-5-6-10-22(19)33-24(25,26)27/h5-6,9-10,13,17-18H,2-4,7-8,11-12,14-15H2,1H3,(H,28,30). The van der Waals surface area contributed by atoms with Gasteiger partial charge in [0.2, 0.25) is 0 Å². The molecule has 0 spiro atoms. The number of ether oxygens (including phenoxy) is 3. The predicted molar refractivity (Wildman–Crippen MR) is 116 cm³/mol. The molecule has 0 radical (unpaired) electrons. The van der Waals surface area contributed by atoms with Gasteiger partial charge in [0.25, 0.3) is 5.91 Å². The van der Waals surface area contributed by atoms with Gasteiger partial charge in [-0.2, -0.15) is 0 Å². The van der Waals surface area contributed by atoms with Gasteiger partial charge in [-0.25, -0.2) is 0 Å². The summed E-state index contributed by atoms with van der Waals surface area (Å²) in [5.74, 6) is -0.529. The normalized spacial score (nSPS) is 19.9. The van der Waals surface area contributed by atoms with E-state index in [0.717, 1.165) is 25.7 Å². The van der Waals surface area contributed by atoms with E-state index in [0.29, 0.717) is 43.3 Å². The number of aromatic nitrogens is 1. The molecule has 1 aromatic carbocycles. The number of nitrogens with one attached hydrogen (secondary N) is 1. The quantitative estimate of drug-likeness (QED) is 0.662. The first-order valence-electron chi connectivity index (χ1n) is 11.4. The lowest BCUT2D eigenvalue weighted by molar-refractivity contribution is -0.274. The molecule has 2 fully saturated rings. The predicted octanol–water partition coefficient (Wildman–Crippen LogP) is 4.84. The summed E-state index contributed by atoms with van der Waals surface area (Å²) >= 11 is 0. The average molecular weight is 467 g/mol. The summed E-state index contributed by atoms with van der Waals surface area (Å²) in [5, 5.41) is 3.11. The van der Waals surface area contributed by atoms with Crippen LogP contribution < -0.4 is 10.1 Å². The number of amides is 1. The van der Waals surface area contributed by atoms with Crippen molar-refractivity contribution in [2.45, 2.75) is 64.1 Å². The van der Waals surface area contributed by atoms with Crippen LogP contribution in [0.1, 0.15) is 48.2 Å². The first-order chi connectivity index (χ1) is 15.8. The monoisotopic (exact) mass is 466 g/mol. The maximum Gasteiger partial charge on any atom is 0.573 e. The molecule has 1 amide bonds. The van der Waals surface area contributed by atoms with Crippen LogP contribution in [0.5, 0.6) is 5.75 Å². The zero-order chi connectivity index (χ0) is 23.4. The molecule has 180 valence electrons. The Balaban J connectivity index is 1.70. The van der Waals surface area contributed by atoms with Crippen LogP contribution in [0.15, 0.2) is 30.3 Å². The number of rotatable bonds is 6. The lowest BCUT2D eigenvalue weighted by Crippen LogP contribution is -2.36. The van der Waals surface area contributed by atoms with Crippen LogP contribution in [-0.2, 0) is 16.0 Å². The lowest BCUT2D eigenvalue weighted by Gasteiger charge is -2.25. The summed E-state index contributed by atoms with van der Waals surface area (Å²) in [5.41, 5.74) is 1.82. The Morgan fingerprint density at radius 2 is 1.94 bits per heavy atom. The number of alkyl halides is 3. The van der Waals surface area contributed by atoms with E-state index < -0.39 is 6.36 Å². The second-order valence-electron chi connectivity index (χ2n) is 8.56. The minimum Gasteiger partial charge on any atom is -0.405 e. The van der Waals surface area contributed by atoms with Gasteiger partial charge in [-0.3, -0.25) is 4.79 Å². The molecule has 9 heteroatoms. The summed E-state index contributed by atoms with van der Waals surface area (Å²) in [6.07, 6.45) is 0.111. The van der Waals surface area contributed by atoms with Gasteiger partial charge >= 0.3 is 6.36 Å². The zero-order valence-corrected chi connectivity index (χ0v) is 18.6. The van der Waals surface area contributed by atoms with Crippen molar-refractivity contribution in [3.05, 3.63) is 41.6 Å². The maximum atomic E-state index is 13.1. The molecule has 2 aliphatic rings. The number of nitrogens with zero attached hydrogens (tertiary/aromatic N) is 1. The maximum absolute atomic E-state index is 13.1. The van der Waals surface area contributed by atoms with E-state index in [4.69, 9.17) is 9.47 Å². The van der Waals surface area contributed by atoms with E-state index in [1.165, 1.54) is 18.6 Å².